The van der Waals surface area contributed by atoms with Crippen LogP contribution in [0, 0.1) is 0 Å². The Hall–Kier alpha value is -4.04. The van der Waals surface area contributed by atoms with Crippen molar-refractivity contribution in [3.05, 3.63) is 97.1 Å². The molecule has 0 bridgehead atoms. The van der Waals surface area contributed by atoms with Crippen LogP contribution < -0.4 is 9.47 Å². The lowest BCUT2D eigenvalue weighted by Gasteiger charge is -2.22. The van der Waals surface area contributed by atoms with E-state index in [1.807, 2.05) is 0 Å². The Morgan fingerprint density at radius 2 is 0.614 bits per heavy atom. The largest absolute Gasteiger partial charge is 0.492 e. The van der Waals surface area contributed by atoms with Gasteiger partial charge in [-0.3, -0.25) is 0 Å². The molecule has 2 nitrogen and oxygen atoms in total. The summed E-state index contributed by atoms with van der Waals surface area (Å²) in [5, 5.41) is 9.62. The van der Waals surface area contributed by atoms with Crippen molar-refractivity contribution < 1.29 is 9.47 Å². The fourth-order valence-electron chi connectivity index (χ4n) is 6.79. The van der Waals surface area contributed by atoms with Crippen molar-refractivity contribution in [3.8, 4) is 22.6 Å². The third-order valence-corrected chi connectivity index (χ3v) is 9.00. The minimum absolute atomic E-state index is 0.743. The Kier molecular flexibility index (Phi) is 9.97. The van der Waals surface area contributed by atoms with Gasteiger partial charge in [0.25, 0.3) is 0 Å². The summed E-state index contributed by atoms with van der Waals surface area (Å²) in [4.78, 5) is 0. The molecular formula is C42H46O2. The number of ether oxygens (including phenoxy) is 2. The number of hydrogen-bond acceptors (Lipinski definition) is 2. The lowest BCUT2D eigenvalue weighted by Crippen LogP contribution is -2.01. The highest BCUT2D eigenvalue weighted by molar-refractivity contribution is 6.26. The quantitative estimate of drug-likeness (QED) is 0.0885. The second-order valence-electron chi connectivity index (χ2n) is 12.1. The fourth-order valence-corrected chi connectivity index (χ4v) is 6.79. The molecule has 0 saturated carbocycles. The van der Waals surface area contributed by atoms with Gasteiger partial charge in [-0.1, -0.05) is 162 Å². The van der Waals surface area contributed by atoms with Gasteiger partial charge in [0.1, 0.15) is 11.5 Å². The molecule has 0 aliphatic carbocycles. The fraction of sp³-hybridized carbons (Fsp3) is 0.333. The monoisotopic (exact) mass is 582 g/mol. The molecule has 0 atom stereocenters. The Bertz CT molecular complexity index is 1600. The highest BCUT2D eigenvalue weighted by Crippen LogP contribution is 2.49. The number of fused-ring (bicyclic) bond motifs is 4. The number of benzene rings is 6. The second-order valence-corrected chi connectivity index (χ2v) is 12.1. The van der Waals surface area contributed by atoms with Gasteiger partial charge in [-0.2, -0.15) is 0 Å². The predicted octanol–water partition coefficient (Wildman–Crippen LogP) is 12.7. The van der Waals surface area contributed by atoms with Crippen molar-refractivity contribution in [2.45, 2.75) is 78.1 Å². The van der Waals surface area contributed by atoms with E-state index in [2.05, 4.69) is 111 Å². The van der Waals surface area contributed by atoms with Gasteiger partial charge in [0.2, 0.25) is 0 Å². The van der Waals surface area contributed by atoms with Gasteiger partial charge in [-0.15, -0.1) is 0 Å². The minimum Gasteiger partial charge on any atom is -0.492 e. The van der Waals surface area contributed by atoms with Crippen molar-refractivity contribution in [2.75, 3.05) is 13.2 Å². The zero-order valence-corrected chi connectivity index (χ0v) is 26.5. The molecule has 226 valence electrons. The van der Waals surface area contributed by atoms with Crippen LogP contribution in [-0.2, 0) is 0 Å². The average molecular weight is 583 g/mol. The summed E-state index contributed by atoms with van der Waals surface area (Å²) in [5.74, 6) is 2.01. The lowest BCUT2D eigenvalue weighted by molar-refractivity contribution is 0.311. The van der Waals surface area contributed by atoms with E-state index in [1.54, 1.807) is 0 Å². The molecule has 0 fully saturated rings. The first-order chi connectivity index (χ1) is 21.8. The summed E-state index contributed by atoms with van der Waals surface area (Å²) in [6.07, 6.45) is 12.3. The molecule has 0 saturated heterocycles. The molecular weight excluding hydrogens is 536 g/mol. The highest BCUT2D eigenvalue weighted by Gasteiger charge is 2.22. The number of hydrogen-bond donors (Lipinski definition) is 0. The molecule has 0 N–H and O–H groups in total. The van der Waals surface area contributed by atoms with E-state index >= 15 is 0 Å². The van der Waals surface area contributed by atoms with Crippen LogP contribution in [0.1, 0.15) is 78.1 Å². The third-order valence-electron chi connectivity index (χ3n) is 9.00. The van der Waals surface area contributed by atoms with Gasteiger partial charge in [-0.25, -0.2) is 0 Å². The Morgan fingerprint density at radius 1 is 0.341 bits per heavy atom. The maximum absolute atomic E-state index is 6.66. The molecule has 0 heterocycles. The molecule has 44 heavy (non-hydrogen) atoms. The first-order valence-corrected chi connectivity index (χ1v) is 17.0. The van der Waals surface area contributed by atoms with Crippen molar-refractivity contribution in [3.63, 3.8) is 0 Å². The van der Waals surface area contributed by atoms with Gasteiger partial charge >= 0.3 is 0 Å². The predicted molar refractivity (Wildman–Crippen MR) is 190 cm³/mol. The summed E-state index contributed by atoms with van der Waals surface area (Å²) in [6, 6.07) is 35.2. The second kappa shape index (κ2) is 14.6. The van der Waals surface area contributed by atoms with Crippen LogP contribution in [0.5, 0.6) is 11.5 Å². The summed E-state index contributed by atoms with van der Waals surface area (Å²) in [5.41, 5.74) is 2.54. The molecule has 0 amide bonds. The topological polar surface area (TPSA) is 18.5 Å². The van der Waals surface area contributed by atoms with Crippen molar-refractivity contribution in [1.29, 1.82) is 0 Å². The summed E-state index contributed by atoms with van der Waals surface area (Å²) < 4.78 is 13.3. The van der Waals surface area contributed by atoms with Crippen LogP contribution in [0.25, 0.3) is 54.2 Å². The standard InChI is InChI=1S/C42H46O2/c1-3-5-7-9-19-29-43-41-35-25-15-11-21-31(35)39(32-22-12-16-26-36(32)41)40-33-23-13-17-27-37(33)42(38-28-18-14-24-34(38)40)44-30-20-10-8-6-4-2/h11-18,21-28H,3-10,19-20,29-30H2,1-2H3. The van der Waals surface area contributed by atoms with E-state index in [0.29, 0.717) is 0 Å². The van der Waals surface area contributed by atoms with E-state index in [9.17, 15) is 0 Å². The molecule has 0 radical (unpaired) electrons. The summed E-state index contributed by atoms with van der Waals surface area (Å²) >= 11 is 0. The number of rotatable bonds is 15. The molecule has 2 heteroatoms. The Morgan fingerprint density at radius 3 is 0.909 bits per heavy atom. The van der Waals surface area contributed by atoms with Crippen molar-refractivity contribution >= 4 is 43.1 Å². The van der Waals surface area contributed by atoms with Crippen LogP contribution in [-0.4, -0.2) is 13.2 Å². The molecule has 6 aromatic rings. The van der Waals surface area contributed by atoms with Crippen LogP contribution in [0.4, 0.5) is 0 Å². The highest BCUT2D eigenvalue weighted by atomic mass is 16.5. The first kappa shape index (κ1) is 30.0. The third kappa shape index (κ3) is 6.13. The van der Waals surface area contributed by atoms with Crippen LogP contribution in [0.2, 0.25) is 0 Å². The van der Waals surface area contributed by atoms with Crippen LogP contribution in [0.3, 0.4) is 0 Å². The zero-order chi connectivity index (χ0) is 30.1. The first-order valence-electron chi connectivity index (χ1n) is 17.0. The van der Waals surface area contributed by atoms with Crippen molar-refractivity contribution in [1.82, 2.24) is 0 Å². The average Bonchev–Trinajstić information content (AvgIpc) is 3.07. The molecule has 6 aromatic carbocycles. The maximum Gasteiger partial charge on any atom is 0.134 e. The van der Waals surface area contributed by atoms with Gasteiger partial charge in [0.15, 0.2) is 0 Å². The van der Waals surface area contributed by atoms with E-state index in [-0.39, 0.29) is 0 Å². The molecule has 0 unspecified atom stereocenters. The van der Waals surface area contributed by atoms with E-state index in [4.69, 9.17) is 9.47 Å². The Balaban J connectivity index is 1.52. The Labute approximate surface area is 263 Å². The van der Waals surface area contributed by atoms with Gasteiger partial charge in [0, 0.05) is 21.5 Å². The van der Waals surface area contributed by atoms with Crippen molar-refractivity contribution in [2.24, 2.45) is 0 Å². The normalized spacial score (nSPS) is 11.6. The van der Waals surface area contributed by atoms with Crippen LogP contribution >= 0.6 is 0 Å². The van der Waals surface area contributed by atoms with E-state index < -0.39 is 0 Å². The molecule has 6 rings (SSSR count). The maximum atomic E-state index is 6.66. The number of unbranched alkanes of at least 4 members (excludes halogenated alkanes) is 8. The van der Waals surface area contributed by atoms with Gasteiger partial charge in [0.05, 0.1) is 13.2 Å². The molecule has 0 aliphatic heterocycles. The molecule has 0 aliphatic rings. The molecule has 0 spiro atoms. The van der Waals surface area contributed by atoms with E-state index in [0.717, 1.165) is 37.6 Å². The summed E-state index contributed by atoms with van der Waals surface area (Å²) in [7, 11) is 0. The molecule has 0 aromatic heterocycles. The van der Waals surface area contributed by atoms with E-state index in [1.165, 1.54) is 106 Å². The zero-order valence-electron chi connectivity index (χ0n) is 26.5. The van der Waals surface area contributed by atoms with Gasteiger partial charge < -0.3 is 9.47 Å². The van der Waals surface area contributed by atoms with Gasteiger partial charge in [-0.05, 0) is 45.5 Å². The SMILES string of the molecule is CCCCCCCOc1c2ccccc2c(-c2c3ccccc3c(OCCCCCCC)c3ccccc23)c2ccccc12. The minimum atomic E-state index is 0.743. The van der Waals surface area contributed by atoms with Crippen LogP contribution in [0.15, 0.2) is 97.1 Å². The smallest absolute Gasteiger partial charge is 0.134 e. The lowest BCUT2D eigenvalue weighted by atomic mass is 9.85. The summed E-state index contributed by atoms with van der Waals surface area (Å²) in [6.45, 7) is 6.01.